The Kier molecular flexibility index (Phi) is 9.45. The molecule has 1 fully saturated rings. The van der Waals surface area contributed by atoms with Crippen LogP contribution in [0.4, 0.5) is 0 Å². The molecule has 0 radical (unpaired) electrons. The second kappa shape index (κ2) is 11.0. The van der Waals surface area contributed by atoms with E-state index in [9.17, 15) is 14.4 Å². The first-order valence-corrected chi connectivity index (χ1v) is 9.50. The van der Waals surface area contributed by atoms with Crippen molar-refractivity contribution in [3.63, 3.8) is 0 Å². The van der Waals surface area contributed by atoms with Crippen molar-refractivity contribution in [1.82, 2.24) is 0 Å². The molecule has 1 saturated heterocycles. The molecule has 8 heteroatoms. The summed E-state index contributed by atoms with van der Waals surface area (Å²) in [7, 11) is 0. The van der Waals surface area contributed by atoms with Crippen molar-refractivity contribution in [2.45, 2.75) is 85.6 Å². The van der Waals surface area contributed by atoms with E-state index in [0.29, 0.717) is 6.42 Å². The Hall–Kier alpha value is -2.09. The fourth-order valence-corrected chi connectivity index (χ4v) is 2.91. The Labute approximate surface area is 166 Å². The summed E-state index contributed by atoms with van der Waals surface area (Å²) in [5, 5.41) is 0. The lowest BCUT2D eigenvalue weighted by molar-refractivity contribution is -0.230. The van der Waals surface area contributed by atoms with E-state index in [1.54, 1.807) is 12.3 Å². The van der Waals surface area contributed by atoms with E-state index in [1.807, 2.05) is 27.7 Å². The molecular weight excluding hydrogens is 368 g/mol. The number of esters is 3. The fraction of sp³-hybridized carbons (Fsp3) is 0.750. The average Bonchev–Trinajstić information content (AvgIpc) is 2.55. The molecule has 0 saturated carbocycles. The van der Waals surface area contributed by atoms with Gasteiger partial charge in [-0.1, -0.05) is 13.8 Å². The van der Waals surface area contributed by atoms with Crippen LogP contribution < -0.4 is 0 Å². The molecule has 0 aliphatic carbocycles. The predicted octanol–water partition coefficient (Wildman–Crippen LogP) is 2.74. The highest BCUT2D eigenvalue weighted by Crippen LogP contribution is 2.28. The van der Waals surface area contributed by atoms with Crippen LogP contribution in [0.5, 0.6) is 0 Å². The first kappa shape index (κ1) is 23.9. The van der Waals surface area contributed by atoms with Gasteiger partial charge in [0.2, 0.25) is 6.29 Å². The van der Waals surface area contributed by atoms with Gasteiger partial charge in [0.25, 0.3) is 0 Å². The lowest BCUT2D eigenvalue weighted by atomic mass is 9.93. The smallest absolute Gasteiger partial charge is 0.304 e. The molecule has 2 rings (SSSR count). The molecule has 2 heterocycles. The highest BCUT2D eigenvalue weighted by molar-refractivity contribution is 5.67. The van der Waals surface area contributed by atoms with E-state index in [2.05, 4.69) is 0 Å². The Morgan fingerprint density at radius 2 is 1.39 bits per heavy atom. The second-order valence-corrected chi connectivity index (χ2v) is 7.23. The average molecular weight is 400 g/mol. The van der Waals surface area contributed by atoms with Gasteiger partial charge >= 0.3 is 17.9 Å². The molecule has 8 nitrogen and oxygen atoms in total. The Bertz CT molecular complexity index is 573. The van der Waals surface area contributed by atoms with Gasteiger partial charge in [0.05, 0.1) is 12.4 Å². The molecule has 2 aliphatic heterocycles. The van der Waals surface area contributed by atoms with Crippen LogP contribution in [0.2, 0.25) is 0 Å². The first-order valence-electron chi connectivity index (χ1n) is 9.50. The number of ether oxygens (including phenoxy) is 5. The summed E-state index contributed by atoms with van der Waals surface area (Å²) in [6.07, 6.45) is 2.75. The summed E-state index contributed by atoms with van der Waals surface area (Å²) >= 11 is 0. The SMILES string of the molecule is CC(=O)O[C@@H]1C[C@H](OC(C)=O)[C@H](C)[C@H](C)O1.CC(=O)O[C@H]1C=CO[C@@H](C)[C@H]1C. The van der Waals surface area contributed by atoms with Crippen LogP contribution in [-0.4, -0.2) is 48.6 Å². The quantitative estimate of drug-likeness (QED) is 0.527. The minimum atomic E-state index is -0.618. The molecule has 0 spiro atoms. The molecule has 0 unspecified atom stereocenters. The van der Waals surface area contributed by atoms with E-state index in [0.717, 1.165) is 0 Å². The summed E-state index contributed by atoms with van der Waals surface area (Å²) in [6.45, 7) is 11.9. The third kappa shape index (κ3) is 7.88. The van der Waals surface area contributed by atoms with E-state index < -0.39 is 12.3 Å². The number of hydrogen-bond donors (Lipinski definition) is 0. The van der Waals surface area contributed by atoms with Gasteiger partial charge in [-0.3, -0.25) is 14.4 Å². The molecule has 0 bridgehead atoms. The van der Waals surface area contributed by atoms with Crippen LogP contribution in [0, 0.1) is 11.8 Å². The van der Waals surface area contributed by atoms with Crippen molar-refractivity contribution in [2.24, 2.45) is 11.8 Å². The highest BCUT2D eigenvalue weighted by atomic mass is 16.7. The molecule has 160 valence electrons. The predicted molar refractivity (Wildman–Crippen MR) is 99.8 cm³/mol. The third-order valence-corrected chi connectivity index (χ3v) is 4.85. The molecule has 2 aliphatic rings. The molecule has 0 aromatic rings. The van der Waals surface area contributed by atoms with Crippen molar-refractivity contribution >= 4 is 17.9 Å². The molecular formula is C20H32O8. The summed E-state index contributed by atoms with van der Waals surface area (Å²) in [5.74, 6) is -0.652. The van der Waals surface area contributed by atoms with E-state index in [-0.39, 0.29) is 48.2 Å². The second-order valence-electron chi connectivity index (χ2n) is 7.23. The number of carbonyl (C=O) groups excluding carboxylic acids is 3. The van der Waals surface area contributed by atoms with Crippen molar-refractivity contribution in [3.8, 4) is 0 Å². The molecule has 28 heavy (non-hydrogen) atoms. The minimum Gasteiger partial charge on any atom is -0.498 e. The lowest BCUT2D eigenvalue weighted by Crippen LogP contribution is -2.44. The Balaban J connectivity index is 0.000000292. The van der Waals surface area contributed by atoms with Crippen LogP contribution in [-0.2, 0) is 38.1 Å². The van der Waals surface area contributed by atoms with Gasteiger partial charge in [-0.05, 0) is 19.9 Å². The molecule has 0 N–H and O–H groups in total. The van der Waals surface area contributed by atoms with Crippen LogP contribution in [0.25, 0.3) is 0 Å². The zero-order valence-electron chi connectivity index (χ0n) is 17.7. The minimum absolute atomic E-state index is 0.0932. The van der Waals surface area contributed by atoms with Gasteiger partial charge in [-0.25, -0.2) is 0 Å². The largest absolute Gasteiger partial charge is 0.498 e. The van der Waals surface area contributed by atoms with E-state index in [1.165, 1.54) is 20.8 Å². The summed E-state index contributed by atoms with van der Waals surface area (Å²) in [6, 6.07) is 0. The topological polar surface area (TPSA) is 97.4 Å². The number of hydrogen-bond acceptors (Lipinski definition) is 8. The normalized spacial score (nSPS) is 34.2. The van der Waals surface area contributed by atoms with E-state index >= 15 is 0 Å². The maximum atomic E-state index is 10.9. The summed E-state index contributed by atoms with van der Waals surface area (Å²) in [5.41, 5.74) is 0. The Morgan fingerprint density at radius 3 is 1.93 bits per heavy atom. The number of carbonyl (C=O) groups is 3. The standard InChI is InChI=1S/C11H18O5.C9H14O3/c1-6-7(2)14-11(16-9(4)13)5-10(6)15-8(3)12;1-6-7(2)11-5-4-9(6)12-8(3)10/h6-7,10-11H,5H2,1-4H3;4-7,9H,1-3H3/t6-,7+,10+,11-;6-,7+,9+/m11/s1. The molecule has 0 aromatic carbocycles. The zero-order chi connectivity index (χ0) is 21.4. The van der Waals surface area contributed by atoms with Crippen molar-refractivity contribution < 1.29 is 38.1 Å². The summed E-state index contributed by atoms with van der Waals surface area (Å²) in [4.78, 5) is 32.4. The van der Waals surface area contributed by atoms with Gasteiger partial charge in [0.15, 0.2) is 0 Å². The van der Waals surface area contributed by atoms with Crippen LogP contribution in [0.15, 0.2) is 12.3 Å². The maximum Gasteiger partial charge on any atom is 0.304 e. The fourth-order valence-electron chi connectivity index (χ4n) is 2.91. The maximum absolute atomic E-state index is 10.9. The first-order chi connectivity index (χ1) is 13.0. The molecule has 7 atom stereocenters. The van der Waals surface area contributed by atoms with Crippen molar-refractivity contribution in [2.75, 3.05) is 0 Å². The third-order valence-electron chi connectivity index (χ3n) is 4.85. The van der Waals surface area contributed by atoms with Gasteiger partial charge < -0.3 is 23.7 Å². The Morgan fingerprint density at radius 1 is 0.821 bits per heavy atom. The number of rotatable bonds is 3. The van der Waals surface area contributed by atoms with Gasteiger partial charge in [0.1, 0.15) is 18.3 Å². The lowest BCUT2D eigenvalue weighted by Gasteiger charge is -2.37. The van der Waals surface area contributed by atoms with Crippen molar-refractivity contribution in [3.05, 3.63) is 12.3 Å². The van der Waals surface area contributed by atoms with Gasteiger partial charge in [0, 0.05) is 39.0 Å². The highest BCUT2D eigenvalue weighted by Gasteiger charge is 2.37. The van der Waals surface area contributed by atoms with Crippen LogP contribution >= 0.6 is 0 Å². The molecule has 0 aromatic heterocycles. The van der Waals surface area contributed by atoms with E-state index in [4.69, 9.17) is 23.7 Å². The van der Waals surface area contributed by atoms with Gasteiger partial charge in [-0.15, -0.1) is 0 Å². The summed E-state index contributed by atoms with van der Waals surface area (Å²) < 4.78 is 25.9. The van der Waals surface area contributed by atoms with Gasteiger partial charge in [-0.2, -0.15) is 0 Å². The van der Waals surface area contributed by atoms with Crippen LogP contribution in [0.3, 0.4) is 0 Å². The monoisotopic (exact) mass is 400 g/mol. The van der Waals surface area contributed by atoms with Crippen molar-refractivity contribution in [1.29, 1.82) is 0 Å². The zero-order valence-corrected chi connectivity index (χ0v) is 17.7. The van der Waals surface area contributed by atoms with Crippen LogP contribution in [0.1, 0.15) is 54.9 Å². The molecule has 0 amide bonds.